The van der Waals surface area contributed by atoms with E-state index in [1.807, 2.05) is 6.92 Å². The van der Waals surface area contributed by atoms with E-state index in [0.29, 0.717) is 5.88 Å². The summed E-state index contributed by atoms with van der Waals surface area (Å²) in [6.07, 6.45) is 3.90. The molecule has 0 aromatic heterocycles. The number of alkyl halides is 1. The Morgan fingerprint density at radius 3 is 2.50 bits per heavy atom. The van der Waals surface area contributed by atoms with E-state index in [1.54, 1.807) is 11.8 Å². The average Bonchev–Trinajstić information content (AvgIpc) is 2.74. The van der Waals surface area contributed by atoms with Crippen LogP contribution in [0.2, 0.25) is 0 Å². The van der Waals surface area contributed by atoms with Crippen LogP contribution in [0.3, 0.4) is 0 Å². The molecule has 0 aromatic rings. The van der Waals surface area contributed by atoms with Crippen molar-refractivity contribution in [2.24, 2.45) is 0 Å². The summed E-state index contributed by atoms with van der Waals surface area (Å²) >= 11 is 7.77. The molecule has 1 saturated heterocycles. The molecule has 1 aliphatic heterocycles. The minimum Gasteiger partial charge on any atom is -0.348 e. The van der Waals surface area contributed by atoms with Gasteiger partial charge in [-0.2, -0.15) is 0 Å². The fraction of sp³-hybridized carbons (Fsp3) is 0.917. The lowest BCUT2D eigenvalue weighted by molar-refractivity contribution is -0.125. The van der Waals surface area contributed by atoms with E-state index in [2.05, 4.69) is 19.2 Å². The molecule has 0 spiro atoms. The summed E-state index contributed by atoms with van der Waals surface area (Å²) in [6.45, 7) is 6.21. The molecular weight excluding hydrogens is 242 g/mol. The monoisotopic (exact) mass is 263 g/mol. The fourth-order valence-electron chi connectivity index (χ4n) is 1.98. The third-order valence-electron chi connectivity index (χ3n) is 3.69. The average molecular weight is 264 g/mol. The highest BCUT2D eigenvalue weighted by Crippen LogP contribution is 2.38. The van der Waals surface area contributed by atoms with Crippen molar-refractivity contribution >= 4 is 29.3 Å². The van der Waals surface area contributed by atoms with Crippen molar-refractivity contribution < 1.29 is 4.79 Å². The predicted octanol–water partition coefficient (Wildman–Crippen LogP) is 3.19. The Hall–Kier alpha value is 0.110. The Labute approximate surface area is 108 Å². The Bertz CT molecular complexity index is 239. The van der Waals surface area contributed by atoms with Crippen LogP contribution in [0.4, 0.5) is 0 Å². The van der Waals surface area contributed by atoms with Crippen LogP contribution in [0.15, 0.2) is 0 Å². The molecule has 1 amide bonds. The Morgan fingerprint density at radius 2 is 2.12 bits per heavy atom. The van der Waals surface area contributed by atoms with E-state index in [4.69, 9.17) is 11.6 Å². The maximum absolute atomic E-state index is 12.3. The Morgan fingerprint density at radius 1 is 1.50 bits per heavy atom. The third kappa shape index (κ3) is 2.86. The van der Waals surface area contributed by atoms with Crippen LogP contribution in [-0.2, 0) is 4.79 Å². The minimum atomic E-state index is -0.234. The Kier molecular flexibility index (Phi) is 4.99. The summed E-state index contributed by atoms with van der Waals surface area (Å²) in [4.78, 5) is 12.3. The molecular formula is C12H22ClNOS. The van der Waals surface area contributed by atoms with Gasteiger partial charge in [0, 0.05) is 5.88 Å². The molecule has 0 aromatic carbocycles. The predicted molar refractivity (Wildman–Crippen MR) is 72.3 cm³/mol. The molecule has 1 heterocycles. The maximum Gasteiger partial charge on any atom is 0.236 e. The number of amides is 1. The molecule has 0 aliphatic carbocycles. The van der Waals surface area contributed by atoms with Crippen LogP contribution in [0.5, 0.6) is 0 Å². The molecule has 1 unspecified atom stereocenters. The number of hydrogen-bond acceptors (Lipinski definition) is 2. The zero-order valence-corrected chi connectivity index (χ0v) is 12.0. The largest absolute Gasteiger partial charge is 0.348 e. The summed E-state index contributed by atoms with van der Waals surface area (Å²) in [6, 6.07) is 0. The lowest BCUT2D eigenvalue weighted by Crippen LogP contribution is -2.54. The van der Waals surface area contributed by atoms with Gasteiger partial charge in [-0.15, -0.1) is 23.4 Å². The van der Waals surface area contributed by atoms with Gasteiger partial charge in [0.2, 0.25) is 5.91 Å². The van der Waals surface area contributed by atoms with Gasteiger partial charge in [-0.25, -0.2) is 0 Å². The van der Waals surface area contributed by atoms with Crippen molar-refractivity contribution in [2.45, 2.75) is 56.7 Å². The molecule has 94 valence electrons. The van der Waals surface area contributed by atoms with Crippen molar-refractivity contribution in [3.63, 3.8) is 0 Å². The first-order valence-electron chi connectivity index (χ1n) is 6.04. The van der Waals surface area contributed by atoms with E-state index >= 15 is 0 Å². The summed E-state index contributed by atoms with van der Waals surface area (Å²) in [7, 11) is 0. The second-order valence-electron chi connectivity index (χ2n) is 4.76. The van der Waals surface area contributed by atoms with E-state index < -0.39 is 0 Å². The molecule has 1 N–H and O–H groups in total. The highest BCUT2D eigenvalue weighted by molar-refractivity contribution is 8.01. The first-order valence-corrected chi connectivity index (χ1v) is 7.56. The molecule has 0 saturated carbocycles. The van der Waals surface area contributed by atoms with Crippen molar-refractivity contribution in [1.82, 2.24) is 5.32 Å². The number of thioether (sulfide) groups is 1. The van der Waals surface area contributed by atoms with Crippen LogP contribution < -0.4 is 5.32 Å². The van der Waals surface area contributed by atoms with E-state index in [0.717, 1.165) is 31.4 Å². The van der Waals surface area contributed by atoms with Crippen molar-refractivity contribution in [2.75, 3.05) is 11.6 Å². The van der Waals surface area contributed by atoms with Crippen molar-refractivity contribution in [3.8, 4) is 0 Å². The van der Waals surface area contributed by atoms with Gasteiger partial charge >= 0.3 is 0 Å². The van der Waals surface area contributed by atoms with Gasteiger partial charge in [0.05, 0.1) is 10.3 Å². The topological polar surface area (TPSA) is 29.1 Å². The van der Waals surface area contributed by atoms with Gasteiger partial charge in [0.1, 0.15) is 0 Å². The minimum absolute atomic E-state index is 0.166. The van der Waals surface area contributed by atoms with Gasteiger partial charge < -0.3 is 5.32 Å². The number of halogens is 1. The summed E-state index contributed by atoms with van der Waals surface area (Å²) < 4.78 is -0.234. The molecule has 1 aliphatic rings. The van der Waals surface area contributed by atoms with Gasteiger partial charge in [-0.3, -0.25) is 4.79 Å². The Balaban J connectivity index is 2.68. The van der Waals surface area contributed by atoms with Crippen LogP contribution in [0.25, 0.3) is 0 Å². The van der Waals surface area contributed by atoms with E-state index in [1.165, 1.54) is 0 Å². The van der Waals surface area contributed by atoms with Crippen molar-refractivity contribution in [3.05, 3.63) is 0 Å². The molecule has 16 heavy (non-hydrogen) atoms. The second kappa shape index (κ2) is 5.63. The molecule has 1 rings (SSSR count). The number of carbonyl (C=O) groups is 1. The van der Waals surface area contributed by atoms with Gasteiger partial charge in [0.25, 0.3) is 0 Å². The highest BCUT2D eigenvalue weighted by Gasteiger charge is 2.40. The van der Waals surface area contributed by atoms with E-state index in [-0.39, 0.29) is 16.2 Å². The smallest absolute Gasteiger partial charge is 0.236 e. The molecule has 2 nitrogen and oxygen atoms in total. The normalized spacial score (nSPS) is 25.8. The van der Waals surface area contributed by atoms with Gasteiger partial charge in [-0.1, -0.05) is 13.8 Å². The lowest BCUT2D eigenvalue weighted by atomic mass is 9.93. The number of hydrogen-bond donors (Lipinski definition) is 1. The molecule has 0 radical (unpaired) electrons. The summed E-state index contributed by atoms with van der Waals surface area (Å²) in [5.74, 6) is 1.75. The van der Waals surface area contributed by atoms with Crippen LogP contribution >= 0.6 is 23.4 Å². The standard InChI is InChI=1S/C12H22ClNOS/c1-4-12(5-2,9-13)14-10(15)11(3)7-6-8-16-11/h4-9H2,1-3H3,(H,14,15). The highest BCUT2D eigenvalue weighted by atomic mass is 35.5. The van der Waals surface area contributed by atoms with E-state index in [9.17, 15) is 4.79 Å². The second-order valence-corrected chi connectivity index (χ2v) is 6.62. The number of carbonyl (C=O) groups excluding carboxylic acids is 1. The fourth-order valence-corrected chi connectivity index (χ4v) is 3.64. The van der Waals surface area contributed by atoms with Gasteiger partial charge in [-0.05, 0) is 38.4 Å². The summed E-state index contributed by atoms with van der Waals surface area (Å²) in [5, 5.41) is 3.17. The first-order chi connectivity index (χ1) is 7.52. The van der Waals surface area contributed by atoms with Crippen molar-refractivity contribution in [1.29, 1.82) is 0 Å². The molecule has 0 bridgehead atoms. The number of rotatable bonds is 5. The molecule has 1 atom stereocenters. The number of nitrogens with one attached hydrogen (secondary N) is 1. The summed E-state index contributed by atoms with van der Waals surface area (Å²) in [5.41, 5.74) is -0.217. The zero-order valence-electron chi connectivity index (χ0n) is 10.4. The lowest BCUT2D eigenvalue weighted by Gasteiger charge is -2.34. The quantitative estimate of drug-likeness (QED) is 0.772. The van der Waals surface area contributed by atoms with Crippen LogP contribution in [-0.4, -0.2) is 27.8 Å². The molecule has 1 fully saturated rings. The maximum atomic E-state index is 12.3. The molecule has 4 heteroatoms. The van der Waals surface area contributed by atoms with Crippen LogP contribution in [0.1, 0.15) is 46.5 Å². The van der Waals surface area contributed by atoms with Crippen LogP contribution in [0, 0.1) is 0 Å². The first kappa shape index (κ1) is 14.2. The SMILES string of the molecule is CCC(CC)(CCl)NC(=O)C1(C)CCCS1. The zero-order chi connectivity index (χ0) is 12.2. The third-order valence-corrected chi connectivity index (χ3v) is 5.72. The van der Waals surface area contributed by atoms with Gasteiger partial charge in [0.15, 0.2) is 0 Å².